The average molecular weight is 377 g/mol. The second-order valence-electron chi connectivity index (χ2n) is 3.16. The van der Waals surface area contributed by atoms with E-state index >= 15 is 0 Å². The van der Waals surface area contributed by atoms with E-state index < -0.39 is 11.6 Å². The number of hydrogen-bond donors (Lipinski definition) is 2. The van der Waals surface area contributed by atoms with Crippen molar-refractivity contribution in [3.8, 4) is 0 Å². The van der Waals surface area contributed by atoms with Gasteiger partial charge in [-0.1, -0.05) is 0 Å². The average Bonchev–Trinajstić information content (AvgIpc) is 2.23. The molecular formula is C10H12ClF2IN2O. The first-order valence-corrected chi connectivity index (χ1v) is 5.71. The van der Waals surface area contributed by atoms with Gasteiger partial charge in [0.25, 0.3) is 0 Å². The number of carbonyl (C=O) groups excluding carboxylic acids is 1. The van der Waals surface area contributed by atoms with E-state index in [1.165, 1.54) is 0 Å². The van der Waals surface area contributed by atoms with Crippen LogP contribution >= 0.6 is 35.0 Å². The van der Waals surface area contributed by atoms with Crippen molar-refractivity contribution in [3.05, 3.63) is 27.3 Å². The smallest absolute Gasteiger partial charge is 0.225 e. The molecule has 0 atom stereocenters. The van der Waals surface area contributed by atoms with Crippen LogP contribution in [0.15, 0.2) is 12.1 Å². The summed E-state index contributed by atoms with van der Waals surface area (Å²) in [5.41, 5.74) is 0.136. The molecule has 96 valence electrons. The van der Waals surface area contributed by atoms with Crippen LogP contribution in [0.3, 0.4) is 0 Å². The Bertz CT molecular complexity index is 381. The maximum Gasteiger partial charge on any atom is 0.225 e. The van der Waals surface area contributed by atoms with E-state index in [-0.39, 0.29) is 34.0 Å². The molecule has 1 aromatic carbocycles. The van der Waals surface area contributed by atoms with Crippen LogP contribution in [0.1, 0.15) is 6.42 Å². The van der Waals surface area contributed by atoms with E-state index in [9.17, 15) is 13.6 Å². The highest BCUT2D eigenvalue weighted by Gasteiger charge is 2.09. The van der Waals surface area contributed by atoms with E-state index in [1.54, 1.807) is 29.6 Å². The molecule has 17 heavy (non-hydrogen) atoms. The fourth-order valence-corrected chi connectivity index (χ4v) is 1.40. The van der Waals surface area contributed by atoms with Crippen LogP contribution in [0.2, 0.25) is 0 Å². The number of benzene rings is 1. The zero-order valence-electron chi connectivity index (χ0n) is 9.02. The molecule has 3 nitrogen and oxygen atoms in total. The van der Waals surface area contributed by atoms with Gasteiger partial charge in [0.05, 0.1) is 3.57 Å². The number of anilines is 1. The van der Waals surface area contributed by atoms with Crippen molar-refractivity contribution in [1.29, 1.82) is 0 Å². The molecule has 0 unspecified atom stereocenters. The van der Waals surface area contributed by atoms with Crippen LogP contribution in [0.25, 0.3) is 0 Å². The van der Waals surface area contributed by atoms with E-state index in [4.69, 9.17) is 0 Å². The molecule has 0 spiro atoms. The van der Waals surface area contributed by atoms with Gasteiger partial charge >= 0.3 is 0 Å². The normalized spacial score (nSPS) is 9.65. The monoisotopic (exact) mass is 376 g/mol. The molecule has 1 amide bonds. The van der Waals surface area contributed by atoms with Gasteiger partial charge in [-0.05, 0) is 41.8 Å². The molecule has 0 saturated heterocycles. The summed E-state index contributed by atoms with van der Waals surface area (Å²) in [6.07, 6.45) is 0.256. The van der Waals surface area contributed by atoms with Crippen molar-refractivity contribution in [2.24, 2.45) is 0 Å². The van der Waals surface area contributed by atoms with E-state index in [0.29, 0.717) is 6.54 Å². The molecule has 1 aromatic rings. The van der Waals surface area contributed by atoms with E-state index in [2.05, 4.69) is 10.6 Å². The minimum Gasteiger partial charge on any atom is -0.326 e. The lowest BCUT2D eigenvalue weighted by molar-refractivity contribution is -0.116. The summed E-state index contributed by atoms with van der Waals surface area (Å²) in [5, 5.41) is 5.23. The van der Waals surface area contributed by atoms with Crippen molar-refractivity contribution in [1.82, 2.24) is 5.32 Å². The summed E-state index contributed by atoms with van der Waals surface area (Å²) in [4.78, 5) is 11.3. The standard InChI is InChI=1S/C10H11F2IN2O.ClH/c1-14-3-2-9(16)15-6-4-7(11)10(13)8(12)5-6;/h4-5,14H,2-3H2,1H3,(H,15,16);1H. The van der Waals surface area contributed by atoms with Crippen LogP contribution in [0.4, 0.5) is 14.5 Å². The van der Waals surface area contributed by atoms with Gasteiger partial charge in [-0.2, -0.15) is 0 Å². The number of halogens is 4. The highest BCUT2D eigenvalue weighted by molar-refractivity contribution is 14.1. The number of rotatable bonds is 4. The summed E-state index contributed by atoms with van der Waals surface area (Å²) in [5.74, 6) is -1.64. The molecule has 0 aromatic heterocycles. The molecule has 0 radical (unpaired) electrons. The molecule has 0 bridgehead atoms. The zero-order chi connectivity index (χ0) is 12.1. The Labute approximate surface area is 118 Å². The van der Waals surface area contributed by atoms with Gasteiger partial charge in [0.15, 0.2) is 0 Å². The number of nitrogens with one attached hydrogen (secondary N) is 2. The second-order valence-corrected chi connectivity index (χ2v) is 4.23. The minimum absolute atomic E-state index is 0. The maximum atomic E-state index is 13.1. The molecule has 1 rings (SSSR count). The van der Waals surface area contributed by atoms with Crippen LogP contribution < -0.4 is 10.6 Å². The number of carbonyl (C=O) groups is 1. The van der Waals surface area contributed by atoms with Crippen LogP contribution in [0, 0.1) is 15.2 Å². The van der Waals surface area contributed by atoms with Crippen molar-refractivity contribution >= 4 is 46.6 Å². The number of amides is 1. The third kappa shape index (κ3) is 5.13. The first-order chi connectivity index (χ1) is 7.54. The largest absolute Gasteiger partial charge is 0.326 e. The van der Waals surface area contributed by atoms with Crippen LogP contribution in [-0.2, 0) is 4.79 Å². The van der Waals surface area contributed by atoms with Crippen molar-refractivity contribution in [2.75, 3.05) is 18.9 Å². The predicted octanol–water partition coefficient (Wildman–Crippen LogP) is 2.54. The second kappa shape index (κ2) is 7.78. The molecule has 0 heterocycles. The van der Waals surface area contributed by atoms with Gasteiger partial charge in [-0.15, -0.1) is 12.4 Å². The fourth-order valence-electron chi connectivity index (χ4n) is 1.09. The van der Waals surface area contributed by atoms with E-state index in [0.717, 1.165) is 12.1 Å². The van der Waals surface area contributed by atoms with Gasteiger partial charge in [0, 0.05) is 18.7 Å². The number of hydrogen-bond acceptors (Lipinski definition) is 2. The lowest BCUT2D eigenvalue weighted by Crippen LogP contribution is -2.18. The first kappa shape index (κ1) is 16.5. The van der Waals surface area contributed by atoms with Gasteiger partial charge in [-0.25, -0.2) is 8.78 Å². The molecule has 7 heteroatoms. The Kier molecular flexibility index (Phi) is 7.56. The summed E-state index contributed by atoms with van der Waals surface area (Å²) < 4.78 is 26.2. The van der Waals surface area contributed by atoms with Crippen molar-refractivity contribution in [3.63, 3.8) is 0 Å². The Morgan fingerprint density at radius 3 is 2.35 bits per heavy atom. The summed E-state index contributed by atoms with van der Waals surface area (Å²) >= 11 is 1.57. The predicted molar refractivity (Wildman–Crippen MR) is 73.5 cm³/mol. The third-order valence-corrected chi connectivity index (χ3v) is 2.90. The van der Waals surface area contributed by atoms with Crippen molar-refractivity contribution < 1.29 is 13.6 Å². The van der Waals surface area contributed by atoms with Crippen molar-refractivity contribution in [2.45, 2.75) is 6.42 Å². The fraction of sp³-hybridized carbons (Fsp3) is 0.300. The van der Waals surface area contributed by atoms with E-state index in [1.807, 2.05) is 0 Å². The molecule has 0 fully saturated rings. The summed E-state index contributed by atoms with van der Waals surface area (Å²) in [6, 6.07) is 2.20. The quantitative estimate of drug-likeness (QED) is 0.626. The van der Waals surface area contributed by atoms with Crippen LogP contribution in [-0.4, -0.2) is 19.5 Å². The first-order valence-electron chi connectivity index (χ1n) is 4.63. The topological polar surface area (TPSA) is 41.1 Å². The van der Waals surface area contributed by atoms with Gasteiger partial charge in [0.2, 0.25) is 5.91 Å². The molecule has 0 aliphatic carbocycles. The molecule has 0 aliphatic rings. The highest BCUT2D eigenvalue weighted by atomic mass is 127. The Balaban J connectivity index is 0.00000256. The van der Waals surface area contributed by atoms with Gasteiger partial charge in [0.1, 0.15) is 11.6 Å². The maximum absolute atomic E-state index is 13.1. The lowest BCUT2D eigenvalue weighted by atomic mass is 10.3. The molecule has 2 N–H and O–H groups in total. The van der Waals surface area contributed by atoms with Gasteiger partial charge in [-0.3, -0.25) is 4.79 Å². The summed E-state index contributed by atoms with van der Waals surface area (Å²) in [6.45, 7) is 0.515. The Hall–Kier alpha value is -0.470. The molecule has 0 saturated carbocycles. The summed E-state index contributed by atoms with van der Waals surface area (Å²) in [7, 11) is 1.72. The Morgan fingerprint density at radius 2 is 1.88 bits per heavy atom. The third-order valence-electron chi connectivity index (χ3n) is 1.87. The van der Waals surface area contributed by atoms with Crippen LogP contribution in [0.5, 0.6) is 0 Å². The minimum atomic E-state index is -0.676. The SMILES string of the molecule is CNCCC(=O)Nc1cc(F)c(I)c(F)c1.Cl. The molecule has 0 aliphatic heterocycles. The zero-order valence-corrected chi connectivity index (χ0v) is 12.0. The van der Waals surface area contributed by atoms with Gasteiger partial charge < -0.3 is 10.6 Å². The lowest BCUT2D eigenvalue weighted by Gasteiger charge is -2.06. The Morgan fingerprint density at radius 1 is 1.35 bits per heavy atom. The molecular weight excluding hydrogens is 364 g/mol. The highest BCUT2D eigenvalue weighted by Crippen LogP contribution is 2.20.